The van der Waals surface area contributed by atoms with Gasteiger partial charge in [0.2, 0.25) is 0 Å². The number of hydrogen-bond acceptors (Lipinski definition) is 2. The molecule has 2 N–H and O–H groups in total. The van der Waals surface area contributed by atoms with E-state index in [4.69, 9.17) is 5.73 Å². The molecule has 0 bridgehead atoms. The van der Waals surface area contributed by atoms with Crippen LogP contribution in [0.25, 0.3) is 0 Å². The van der Waals surface area contributed by atoms with Crippen LogP contribution in [-0.2, 0) is 6.54 Å². The van der Waals surface area contributed by atoms with E-state index < -0.39 is 18.6 Å². The number of carbonyl (C=O) groups excluding carboxylic acids is 1. The highest BCUT2D eigenvalue weighted by Gasteiger charge is 2.28. The second-order valence-electron chi connectivity index (χ2n) is 2.41. The molecular formula is C6H6F3N3O. The van der Waals surface area contributed by atoms with Crippen LogP contribution in [0.1, 0.15) is 10.4 Å². The summed E-state index contributed by atoms with van der Waals surface area (Å²) < 4.78 is 35.9. The van der Waals surface area contributed by atoms with E-state index in [1.807, 2.05) is 0 Å². The second kappa shape index (κ2) is 3.08. The van der Waals surface area contributed by atoms with Crippen LogP contribution in [0.5, 0.6) is 0 Å². The fourth-order valence-electron chi connectivity index (χ4n) is 0.761. The number of nitrogens with zero attached hydrogens (tertiary/aromatic N) is 2. The average Bonchev–Trinajstić information content (AvgIpc) is 2.31. The van der Waals surface area contributed by atoms with Crippen molar-refractivity contribution < 1.29 is 18.0 Å². The van der Waals surface area contributed by atoms with Crippen molar-refractivity contribution in [1.82, 2.24) is 9.78 Å². The highest BCUT2D eigenvalue weighted by molar-refractivity contribution is 5.92. The average molecular weight is 193 g/mol. The van der Waals surface area contributed by atoms with Gasteiger partial charge in [-0.3, -0.25) is 9.48 Å². The van der Waals surface area contributed by atoms with Crippen LogP contribution < -0.4 is 5.73 Å². The van der Waals surface area contributed by atoms with Gasteiger partial charge in [-0.25, -0.2) is 0 Å². The first kappa shape index (κ1) is 9.56. The monoisotopic (exact) mass is 193 g/mol. The molecule has 1 heterocycles. The van der Waals surface area contributed by atoms with Crippen molar-refractivity contribution in [2.24, 2.45) is 5.73 Å². The van der Waals surface area contributed by atoms with Gasteiger partial charge in [0.1, 0.15) is 6.54 Å². The summed E-state index contributed by atoms with van der Waals surface area (Å²) >= 11 is 0. The van der Waals surface area contributed by atoms with Crippen LogP contribution in [0.15, 0.2) is 12.4 Å². The Labute approximate surface area is 71.1 Å². The van der Waals surface area contributed by atoms with Gasteiger partial charge < -0.3 is 5.73 Å². The molecule has 7 heteroatoms. The number of alkyl halides is 3. The smallest absolute Gasteiger partial charge is 0.366 e. The van der Waals surface area contributed by atoms with Gasteiger partial charge in [-0.05, 0) is 0 Å². The van der Waals surface area contributed by atoms with Gasteiger partial charge in [-0.15, -0.1) is 0 Å². The molecule has 1 rings (SSSR count). The number of hydrogen-bond donors (Lipinski definition) is 1. The summed E-state index contributed by atoms with van der Waals surface area (Å²) in [5.41, 5.74) is 4.78. The predicted octanol–water partition coefficient (Wildman–Crippen LogP) is 0.544. The summed E-state index contributed by atoms with van der Waals surface area (Å²) in [7, 11) is 0. The number of carbonyl (C=O) groups is 1. The molecule has 1 amide bonds. The van der Waals surface area contributed by atoms with E-state index in [0.29, 0.717) is 4.68 Å². The van der Waals surface area contributed by atoms with Crippen molar-refractivity contribution in [3.05, 3.63) is 18.0 Å². The summed E-state index contributed by atoms with van der Waals surface area (Å²) in [5, 5.41) is 3.32. The molecule has 0 fully saturated rings. The molecule has 0 atom stereocenters. The third kappa shape index (κ3) is 2.77. The highest BCUT2D eigenvalue weighted by atomic mass is 19.4. The van der Waals surface area contributed by atoms with E-state index in [9.17, 15) is 18.0 Å². The van der Waals surface area contributed by atoms with Gasteiger partial charge in [-0.2, -0.15) is 18.3 Å². The number of primary amides is 1. The molecule has 0 aliphatic carbocycles. The lowest BCUT2D eigenvalue weighted by atomic mass is 10.3. The Kier molecular flexibility index (Phi) is 2.26. The molecule has 0 unspecified atom stereocenters. The zero-order valence-electron chi connectivity index (χ0n) is 6.38. The van der Waals surface area contributed by atoms with Crippen LogP contribution in [-0.4, -0.2) is 21.9 Å². The molecule has 0 saturated heterocycles. The molecule has 0 saturated carbocycles. The molecule has 1 aromatic rings. The summed E-state index contributed by atoms with van der Waals surface area (Å²) in [6.07, 6.45) is -2.40. The third-order valence-electron chi connectivity index (χ3n) is 1.26. The number of nitrogens with two attached hydrogens (primary N) is 1. The Bertz CT molecular complexity index is 317. The van der Waals surface area contributed by atoms with Crippen molar-refractivity contribution in [3.8, 4) is 0 Å². The molecule has 4 nitrogen and oxygen atoms in total. The minimum atomic E-state index is -4.35. The van der Waals surface area contributed by atoms with Gasteiger partial charge in [0.15, 0.2) is 0 Å². The van der Waals surface area contributed by atoms with Gasteiger partial charge in [0.05, 0.1) is 11.8 Å². The van der Waals surface area contributed by atoms with Crippen molar-refractivity contribution in [2.45, 2.75) is 12.7 Å². The Balaban J connectivity index is 2.75. The molecule has 0 radical (unpaired) electrons. The summed E-state index contributed by atoms with van der Waals surface area (Å²) in [6, 6.07) is 0. The first-order valence-corrected chi connectivity index (χ1v) is 3.27. The number of rotatable bonds is 2. The zero-order valence-corrected chi connectivity index (χ0v) is 6.38. The molecule has 72 valence electrons. The normalized spacial score (nSPS) is 11.6. The number of aromatic nitrogens is 2. The fraction of sp³-hybridized carbons (Fsp3) is 0.333. The first-order chi connectivity index (χ1) is 5.88. The van der Waals surface area contributed by atoms with E-state index in [2.05, 4.69) is 5.10 Å². The summed E-state index contributed by atoms with van der Waals surface area (Å²) in [4.78, 5) is 10.5. The van der Waals surface area contributed by atoms with E-state index >= 15 is 0 Å². The lowest BCUT2D eigenvalue weighted by molar-refractivity contribution is -0.142. The van der Waals surface area contributed by atoms with E-state index in [0.717, 1.165) is 12.4 Å². The minimum Gasteiger partial charge on any atom is -0.366 e. The second-order valence-corrected chi connectivity index (χ2v) is 2.41. The maximum Gasteiger partial charge on any atom is 0.408 e. The number of halogens is 3. The van der Waals surface area contributed by atoms with Crippen LogP contribution in [0, 0.1) is 0 Å². The SMILES string of the molecule is NC(=O)c1cnn(CC(F)(F)F)c1. The standard InChI is InChI=1S/C6H6F3N3O/c7-6(8,9)3-12-2-4(1-11-12)5(10)13/h1-2H,3H2,(H2,10,13). The maximum atomic E-state index is 11.8. The van der Waals surface area contributed by atoms with Crippen molar-refractivity contribution in [2.75, 3.05) is 0 Å². The largest absolute Gasteiger partial charge is 0.408 e. The van der Waals surface area contributed by atoms with Crippen molar-refractivity contribution >= 4 is 5.91 Å². The number of amides is 1. The van der Waals surface area contributed by atoms with Gasteiger partial charge in [0, 0.05) is 6.20 Å². The van der Waals surface area contributed by atoms with Gasteiger partial charge in [-0.1, -0.05) is 0 Å². The molecule has 0 aliphatic heterocycles. The zero-order chi connectivity index (χ0) is 10.1. The van der Waals surface area contributed by atoms with Crippen LogP contribution in [0.3, 0.4) is 0 Å². The van der Waals surface area contributed by atoms with Crippen LogP contribution in [0.2, 0.25) is 0 Å². The molecular weight excluding hydrogens is 187 g/mol. The lowest BCUT2D eigenvalue weighted by Crippen LogP contribution is -2.18. The Morgan fingerprint density at radius 2 is 2.23 bits per heavy atom. The topological polar surface area (TPSA) is 60.9 Å². The Hall–Kier alpha value is -1.53. The summed E-state index contributed by atoms with van der Waals surface area (Å²) in [6.45, 7) is -1.22. The molecule has 0 aromatic carbocycles. The fourth-order valence-corrected chi connectivity index (χ4v) is 0.761. The molecule has 13 heavy (non-hydrogen) atoms. The Morgan fingerprint density at radius 3 is 2.62 bits per heavy atom. The highest BCUT2D eigenvalue weighted by Crippen LogP contribution is 2.16. The third-order valence-corrected chi connectivity index (χ3v) is 1.26. The maximum absolute atomic E-state index is 11.8. The van der Waals surface area contributed by atoms with Gasteiger partial charge in [0.25, 0.3) is 5.91 Å². The van der Waals surface area contributed by atoms with Gasteiger partial charge >= 0.3 is 6.18 Å². The van der Waals surface area contributed by atoms with Crippen LogP contribution in [0.4, 0.5) is 13.2 Å². The van der Waals surface area contributed by atoms with Crippen LogP contribution >= 0.6 is 0 Å². The van der Waals surface area contributed by atoms with Crippen molar-refractivity contribution in [1.29, 1.82) is 0 Å². The van der Waals surface area contributed by atoms with E-state index in [-0.39, 0.29) is 5.56 Å². The quantitative estimate of drug-likeness (QED) is 0.745. The molecule has 0 spiro atoms. The minimum absolute atomic E-state index is 0.0377. The van der Waals surface area contributed by atoms with E-state index in [1.54, 1.807) is 0 Å². The Morgan fingerprint density at radius 1 is 1.62 bits per heavy atom. The first-order valence-electron chi connectivity index (χ1n) is 3.27. The summed E-state index contributed by atoms with van der Waals surface area (Å²) in [5.74, 6) is -0.798. The molecule has 1 aromatic heterocycles. The lowest BCUT2D eigenvalue weighted by Gasteiger charge is -2.04. The van der Waals surface area contributed by atoms with Crippen molar-refractivity contribution in [3.63, 3.8) is 0 Å². The predicted molar refractivity (Wildman–Crippen MR) is 36.8 cm³/mol. The molecule has 0 aliphatic rings. The van der Waals surface area contributed by atoms with E-state index in [1.165, 1.54) is 0 Å².